The van der Waals surface area contributed by atoms with Crippen molar-refractivity contribution >= 4 is 27.9 Å². The number of benzene rings is 1. The number of esters is 1. The van der Waals surface area contributed by atoms with E-state index in [2.05, 4.69) is 33.5 Å². The summed E-state index contributed by atoms with van der Waals surface area (Å²) in [6, 6.07) is 4.66. The van der Waals surface area contributed by atoms with Crippen LogP contribution >= 0.6 is 15.9 Å². The van der Waals surface area contributed by atoms with Crippen LogP contribution in [0.2, 0.25) is 0 Å². The first kappa shape index (κ1) is 20.3. The van der Waals surface area contributed by atoms with Crippen molar-refractivity contribution in [2.24, 2.45) is 0 Å². The highest BCUT2D eigenvalue weighted by Crippen LogP contribution is 2.34. The molecule has 6 nitrogen and oxygen atoms in total. The Labute approximate surface area is 162 Å². The van der Waals surface area contributed by atoms with E-state index in [-0.39, 0.29) is 6.03 Å². The first-order chi connectivity index (χ1) is 12.5. The summed E-state index contributed by atoms with van der Waals surface area (Å²) in [7, 11) is 1.35. The number of methoxy groups -OCH3 is 1. The monoisotopic (exact) mass is 424 g/mol. The van der Waals surface area contributed by atoms with Crippen molar-refractivity contribution < 1.29 is 19.1 Å². The molecule has 0 aliphatic carbocycles. The molecule has 1 atom stereocenters. The lowest BCUT2D eigenvalue weighted by molar-refractivity contribution is -0.136. The molecule has 0 spiro atoms. The molecular weight excluding hydrogens is 400 g/mol. The average molecular weight is 425 g/mol. The van der Waals surface area contributed by atoms with Crippen molar-refractivity contribution in [3.63, 3.8) is 0 Å². The normalized spacial score (nSPS) is 16.8. The van der Waals surface area contributed by atoms with E-state index in [0.29, 0.717) is 24.3 Å². The smallest absolute Gasteiger partial charge is 0.337 e. The number of carbonyl (C=O) groups is 2. The molecule has 0 bridgehead atoms. The van der Waals surface area contributed by atoms with Gasteiger partial charge in [-0.3, -0.25) is 0 Å². The van der Waals surface area contributed by atoms with Crippen LogP contribution in [0.5, 0.6) is 5.75 Å². The van der Waals surface area contributed by atoms with Crippen LogP contribution in [0.4, 0.5) is 4.79 Å². The number of hydrogen-bond donors (Lipinski definition) is 2. The van der Waals surface area contributed by atoms with E-state index < -0.39 is 12.0 Å². The number of amides is 2. The van der Waals surface area contributed by atoms with Gasteiger partial charge >= 0.3 is 12.0 Å². The maximum atomic E-state index is 12.4. The standard InChI is InChI=1S/C19H25BrN2O4/c1-4-6-7-14-16(18(23)25-3)17(22-19(24)21-14)12-8-9-15(13(20)11-12)26-10-5-2/h8-9,11,17H,4-7,10H2,1-3H3,(H2,21,22,24). The Hall–Kier alpha value is -2.02. The number of halogens is 1. The molecule has 1 heterocycles. The maximum Gasteiger partial charge on any atom is 0.337 e. The summed E-state index contributed by atoms with van der Waals surface area (Å²) in [4.78, 5) is 24.5. The van der Waals surface area contributed by atoms with Crippen LogP contribution in [0.15, 0.2) is 33.9 Å². The van der Waals surface area contributed by atoms with Gasteiger partial charge in [-0.1, -0.05) is 26.3 Å². The number of urea groups is 1. The fraction of sp³-hybridized carbons (Fsp3) is 0.474. The van der Waals surface area contributed by atoms with Gasteiger partial charge in [0.15, 0.2) is 0 Å². The molecule has 0 saturated heterocycles. The molecule has 2 N–H and O–H groups in total. The van der Waals surface area contributed by atoms with Crippen molar-refractivity contribution in [1.29, 1.82) is 0 Å². The molecule has 0 saturated carbocycles. The summed E-state index contributed by atoms with van der Waals surface area (Å²) in [5.74, 6) is 0.279. The quantitative estimate of drug-likeness (QED) is 0.612. The van der Waals surface area contributed by atoms with Crippen molar-refractivity contribution in [1.82, 2.24) is 10.6 Å². The van der Waals surface area contributed by atoms with E-state index in [4.69, 9.17) is 9.47 Å². The predicted molar refractivity (Wildman–Crippen MR) is 103 cm³/mol. The van der Waals surface area contributed by atoms with Crippen LogP contribution in [-0.2, 0) is 9.53 Å². The van der Waals surface area contributed by atoms with Crippen LogP contribution in [0.3, 0.4) is 0 Å². The largest absolute Gasteiger partial charge is 0.492 e. The topological polar surface area (TPSA) is 76.7 Å². The summed E-state index contributed by atoms with van der Waals surface area (Å²) < 4.78 is 11.4. The van der Waals surface area contributed by atoms with Gasteiger partial charge in [-0.2, -0.15) is 0 Å². The molecule has 0 fully saturated rings. The van der Waals surface area contributed by atoms with Crippen molar-refractivity contribution in [2.75, 3.05) is 13.7 Å². The SMILES string of the molecule is CCCCC1=C(C(=O)OC)C(c2ccc(OCCC)c(Br)c2)NC(=O)N1. The zero-order chi connectivity index (χ0) is 19.1. The molecule has 1 unspecified atom stereocenters. The van der Waals surface area contributed by atoms with E-state index in [9.17, 15) is 9.59 Å². The fourth-order valence-electron chi connectivity index (χ4n) is 2.80. The summed E-state index contributed by atoms with van der Waals surface area (Å²) in [6.45, 7) is 4.72. The number of unbranched alkanes of at least 4 members (excludes halogenated alkanes) is 1. The Morgan fingerprint density at radius 3 is 2.65 bits per heavy atom. The van der Waals surface area contributed by atoms with E-state index in [1.165, 1.54) is 7.11 Å². The van der Waals surface area contributed by atoms with Crippen LogP contribution < -0.4 is 15.4 Å². The lowest BCUT2D eigenvalue weighted by Gasteiger charge is -2.29. The van der Waals surface area contributed by atoms with Gasteiger partial charge in [0.2, 0.25) is 0 Å². The summed E-state index contributed by atoms with van der Waals surface area (Å²) in [6.07, 6.45) is 3.36. The minimum absolute atomic E-state index is 0.323. The Morgan fingerprint density at radius 2 is 2.04 bits per heavy atom. The third-order valence-electron chi connectivity index (χ3n) is 4.09. The predicted octanol–water partition coefficient (Wildman–Crippen LogP) is 4.21. The molecule has 1 aliphatic heterocycles. The second kappa shape index (κ2) is 9.62. The van der Waals surface area contributed by atoms with E-state index in [1.54, 1.807) is 0 Å². The molecule has 1 aliphatic rings. The zero-order valence-corrected chi connectivity index (χ0v) is 16.9. The summed E-state index contributed by atoms with van der Waals surface area (Å²) >= 11 is 3.50. The summed E-state index contributed by atoms with van der Waals surface area (Å²) in [5.41, 5.74) is 1.84. The second-order valence-corrected chi connectivity index (χ2v) is 6.91. The average Bonchev–Trinajstić information content (AvgIpc) is 2.64. The molecule has 1 aromatic carbocycles. The zero-order valence-electron chi connectivity index (χ0n) is 15.4. The fourth-order valence-corrected chi connectivity index (χ4v) is 3.31. The first-order valence-electron chi connectivity index (χ1n) is 8.82. The van der Waals surface area contributed by atoms with Crippen LogP contribution in [0.1, 0.15) is 51.1 Å². The molecule has 142 valence electrons. The Balaban J connectivity index is 2.42. The number of nitrogens with one attached hydrogen (secondary N) is 2. The number of hydrogen-bond acceptors (Lipinski definition) is 4. The maximum absolute atomic E-state index is 12.4. The Morgan fingerprint density at radius 1 is 1.27 bits per heavy atom. The highest BCUT2D eigenvalue weighted by Gasteiger charge is 2.33. The third-order valence-corrected chi connectivity index (χ3v) is 4.71. The highest BCUT2D eigenvalue weighted by atomic mass is 79.9. The first-order valence-corrected chi connectivity index (χ1v) is 9.62. The van der Waals surface area contributed by atoms with Gasteiger partial charge < -0.3 is 20.1 Å². The number of carbonyl (C=O) groups excluding carboxylic acids is 2. The van der Waals surface area contributed by atoms with Crippen LogP contribution in [0.25, 0.3) is 0 Å². The highest BCUT2D eigenvalue weighted by molar-refractivity contribution is 9.10. The molecule has 7 heteroatoms. The number of rotatable bonds is 8. The van der Waals surface area contributed by atoms with Gasteiger partial charge in [0.25, 0.3) is 0 Å². The molecule has 2 amide bonds. The van der Waals surface area contributed by atoms with Gasteiger partial charge in [-0.25, -0.2) is 9.59 Å². The third kappa shape index (κ3) is 4.78. The number of allylic oxidation sites excluding steroid dienone is 1. The van der Waals surface area contributed by atoms with Crippen molar-refractivity contribution in [3.8, 4) is 5.75 Å². The van der Waals surface area contributed by atoms with E-state index in [0.717, 1.165) is 35.0 Å². The lowest BCUT2D eigenvalue weighted by Crippen LogP contribution is -2.45. The van der Waals surface area contributed by atoms with Gasteiger partial charge in [0.1, 0.15) is 5.75 Å². The van der Waals surface area contributed by atoms with Crippen molar-refractivity contribution in [3.05, 3.63) is 39.5 Å². The lowest BCUT2D eigenvalue weighted by atomic mass is 9.93. The molecule has 26 heavy (non-hydrogen) atoms. The number of ether oxygens (including phenoxy) is 2. The van der Waals surface area contributed by atoms with Gasteiger partial charge in [0, 0.05) is 5.70 Å². The van der Waals surface area contributed by atoms with Crippen LogP contribution in [0, 0.1) is 0 Å². The minimum atomic E-state index is -0.570. The van der Waals surface area contributed by atoms with Gasteiger partial charge in [0.05, 0.1) is 29.8 Å². The van der Waals surface area contributed by atoms with Crippen LogP contribution in [-0.4, -0.2) is 25.7 Å². The molecule has 1 aromatic rings. The molecule has 2 rings (SSSR count). The van der Waals surface area contributed by atoms with Gasteiger partial charge in [-0.05, 0) is 52.9 Å². The molecular formula is C19H25BrN2O4. The Bertz CT molecular complexity index is 703. The summed E-state index contributed by atoms with van der Waals surface area (Å²) in [5, 5.41) is 5.59. The van der Waals surface area contributed by atoms with E-state index >= 15 is 0 Å². The van der Waals surface area contributed by atoms with Crippen molar-refractivity contribution in [2.45, 2.75) is 45.6 Å². The molecule has 0 radical (unpaired) electrons. The molecule has 0 aromatic heterocycles. The van der Waals surface area contributed by atoms with Gasteiger partial charge in [-0.15, -0.1) is 0 Å². The Kier molecular flexibility index (Phi) is 7.50. The second-order valence-electron chi connectivity index (χ2n) is 6.06. The minimum Gasteiger partial charge on any atom is -0.492 e. The van der Waals surface area contributed by atoms with E-state index in [1.807, 2.05) is 25.1 Å².